The number of esters is 2. The van der Waals surface area contributed by atoms with E-state index in [-0.39, 0.29) is 39.5 Å². The van der Waals surface area contributed by atoms with Gasteiger partial charge >= 0.3 is 17.9 Å². The van der Waals surface area contributed by atoms with Crippen molar-refractivity contribution in [3.05, 3.63) is 88.0 Å². The van der Waals surface area contributed by atoms with Crippen molar-refractivity contribution >= 4 is 24.0 Å². The number of carbonyl (C=O) groups is 3. The molecular formula is C25H16O9. The van der Waals surface area contributed by atoms with Gasteiger partial charge in [-0.2, -0.15) is 0 Å². The molecule has 34 heavy (non-hydrogen) atoms. The van der Waals surface area contributed by atoms with Crippen molar-refractivity contribution in [2.45, 2.75) is 5.60 Å². The first kappa shape index (κ1) is 21.1. The van der Waals surface area contributed by atoms with Crippen molar-refractivity contribution in [2.24, 2.45) is 0 Å². The van der Waals surface area contributed by atoms with Crippen LogP contribution in [-0.4, -0.2) is 40.3 Å². The summed E-state index contributed by atoms with van der Waals surface area (Å²) in [6.45, 7) is 0. The van der Waals surface area contributed by atoms with Gasteiger partial charge in [-0.05, 0) is 35.9 Å². The van der Waals surface area contributed by atoms with E-state index >= 15 is 0 Å². The number of rotatable bonds is 3. The fourth-order valence-corrected chi connectivity index (χ4v) is 4.45. The molecule has 2 aliphatic rings. The Morgan fingerprint density at radius 3 is 2.56 bits per heavy atom. The molecule has 0 radical (unpaired) electrons. The predicted octanol–water partition coefficient (Wildman–Crippen LogP) is 3.55. The molecule has 0 saturated heterocycles. The van der Waals surface area contributed by atoms with E-state index in [0.717, 1.165) is 6.08 Å². The van der Waals surface area contributed by atoms with Crippen LogP contribution in [0.5, 0.6) is 23.0 Å². The minimum absolute atomic E-state index is 0.0189. The minimum atomic E-state index is -1.68. The molecule has 5 rings (SSSR count). The lowest BCUT2D eigenvalue weighted by molar-refractivity contribution is -0.134. The average Bonchev–Trinajstić information content (AvgIpc) is 3.09. The Morgan fingerprint density at radius 2 is 1.82 bits per heavy atom. The van der Waals surface area contributed by atoms with Crippen LogP contribution in [0.15, 0.2) is 54.6 Å². The fraction of sp³-hybridized carbons (Fsp3) is 0.0800. The summed E-state index contributed by atoms with van der Waals surface area (Å²) in [5.41, 5.74) is -0.866. The molecule has 3 aromatic carbocycles. The predicted molar refractivity (Wildman–Crippen MR) is 116 cm³/mol. The Bertz CT molecular complexity index is 1440. The second-order valence-electron chi connectivity index (χ2n) is 7.62. The number of ether oxygens (including phenoxy) is 3. The lowest BCUT2D eigenvalue weighted by atomic mass is 9.75. The van der Waals surface area contributed by atoms with Crippen molar-refractivity contribution < 1.29 is 43.9 Å². The molecule has 9 nitrogen and oxygen atoms in total. The Kier molecular flexibility index (Phi) is 4.57. The van der Waals surface area contributed by atoms with E-state index in [9.17, 15) is 29.7 Å². The molecule has 0 bridgehead atoms. The number of fused-ring (bicyclic) bond motifs is 6. The van der Waals surface area contributed by atoms with Crippen LogP contribution in [0.1, 0.15) is 43.0 Å². The molecule has 1 spiro atoms. The number of phenols is 2. The van der Waals surface area contributed by atoms with Gasteiger partial charge in [-0.3, -0.25) is 0 Å². The Balaban J connectivity index is 1.92. The smallest absolute Gasteiger partial charge is 0.343 e. The molecule has 0 aromatic heterocycles. The van der Waals surface area contributed by atoms with Crippen LogP contribution >= 0.6 is 0 Å². The zero-order valence-electron chi connectivity index (χ0n) is 17.6. The molecule has 0 saturated carbocycles. The highest BCUT2D eigenvalue weighted by atomic mass is 16.6. The molecule has 1 unspecified atom stereocenters. The summed E-state index contributed by atoms with van der Waals surface area (Å²) in [4.78, 5) is 36.7. The summed E-state index contributed by atoms with van der Waals surface area (Å²) >= 11 is 0. The van der Waals surface area contributed by atoms with E-state index in [1.54, 1.807) is 24.3 Å². The number of carboxylic acids is 1. The highest BCUT2D eigenvalue weighted by Crippen LogP contribution is 2.59. The number of benzene rings is 3. The van der Waals surface area contributed by atoms with Gasteiger partial charge in [0.25, 0.3) is 0 Å². The number of aromatic hydroxyl groups is 2. The third kappa shape index (κ3) is 2.83. The van der Waals surface area contributed by atoms with Crippen LogP contribution in [0.3, 0.4) is 0 Å². The summed E-state index contributed by atoms with van der Waals surface area (Å²) in [5, 5.41) is 30.4. The van der Waals surface area contributed by atoms with Gasteiger partial charge in [0.2, 0.25) is 0 Å². The molecule has 3 aromatic rings. The van der Waals surface area contributed by atoms with Crippen LogP contribution in [0.2, 0.25) is 0 Å². The number of phenolic OH excluding ortho intramolecular Hbond substituents is 1. The molecule has 0 aliphatic carbocycles. The first-order valence-electron chi connectivity index (χ1n) is 10.0. The van der Waals surface area contributed by atoms with Gasteiger partial charge in [-0.25, -0.2) is 14.4 Å². The van der Waals surface area contributed by atoms with Crippen molar-refractivity contribution in [3.63, 3.8) is 0 Å². The first-order valence-corrected chi connectivity index (χ1v) is 10.0. The maximum atomic E-state index is 13.0. The topological polar surface area (TPSA) is 140 Å². The van der Waals surface area contributed by atoms with Gasteiger partial charge < -0.3 is 29.5 Å². The van der Waals surface area contributed by atoms with E-state index < -0.39 is 34.8 Å². The first-order chi connectivity index (χ1) is 16.3. The minimum Gasteiger partial charge on any atom is -0.508 e. The van der Waals surface area contributed by atoms with E-state index in [0.29, 0.717) is 5.56 Å². The number of carbonyl (C=O) groups excluding carboxylic acids is 2. The van der Waals surface area contributed by atoms with Crippen molar-refractivity contribution in [2.75, 3.05) is 7.11 Å². The largest absolute Gasteiger partial charge is 0.508 e. The molecular weight excluding hydrogens is 444 g/mol. The van der Waals surface area contributed by atoms with Gasteiger partial charge in [0.05, 0.1) is 18.2 Å². The highest BCUT2D eigenvalue weighted by molar-refractivity contribution is 6.00. The number of aromatic carboxylic acids is 1. The summed E-state index contributed by atoms with van der Waals surface area (Å²) in [6, 6.07) is 11.8. The standard InChI is InChI=1S/C25H16O9/c1-32-19(28)9-6-12-10-13(26)11-18-21(12)25(15-5-3-2-4-14(15)24(31)34-25)16-7-8-17(27)20(23(29)30)22(16)33-18/h2-11,26-27H,1H3,(H,29,30)/b9-6+. The average molecular weight is 460 g/mol. The summed E-state index contributed by atoms with van der Waals surface area (Å²) in [5.74, 6) is -3.84. The molecule has 2 heterocycles. The fourth-order valence-electron chi connectivity index (χ4n) is 4.45. The van der Waals surface area contributed by atoms with E-state index in [1.807, 2.05) is 0 Å². The number of carboxylic acid groups (broad SMARTS) is 1. The molecule has 1 atom stereocenters. The third-order valence-corrected chi connectivity index (χ3v) is 5.78. The third-order valence-electron chi connectivity index (χ3n) is 5.78. The molecule has 9 heteroatoms. The molecule has 3 N–H and O–H groups in total. The van der Waals surface area contributed by atoms with Gasteiger partial charge in [0.15, 0.2) is 11.4 Å². The summed E-state index contributed by atoms with van der Waals surface area (Å²) < 4.78 is 16.5. The van der Waals surface area contributed by atoms with E-state index in [1.165, 1.54) is 37.5 Å². The Labute approximate surface area is 192 Å². The molecule has 0 fully saturated rings. The Morgan fingerprint density at radius 1 is 1.06 bits per heavy atom. The van der Waals surface area contributed by atoms with Crippen LogP contribution in [0.25, 0.3) is 6.08 Å². The summed E-state index contributed by atoms with van der Waals surface area (Å²) in [7, 11) is 1.21. The highest BCUT2D eigenvalue weighted by Gasteiger charge is 2.55. The zero-order valence-corrected chi connectivity index (χ0v) is 17.6. The van der Waals surface area contributed by atoms with E-state index in [4.69, 9.17) is 9.47 Å². The second kappa shape index (κ2) is 7.38. The van der Waals surface area contributed by atoms with Gasteiger partial charge in [0.1, 0.15) is 22.8 Å². The number of hydrogen-bond donors (Lipinski definition) is 3. The number of hydrogen-bond acceptors (Lipinski definition) is 8. The van der Waals surface area contributed by atoms with Crippen LogP contribution in [0.4, 0.5) is 0 Å². The van der Waals surface area contributed by atoms with Gasteiger partial charge in [-0.1, -0.05) is 18.2 Å². The number of methoxy groups -OCH3 is 1. The monoisotopic (exact) mass is 460 g/mol. The lowest BCUT2D eigenvalue weighted by Gasteiger charge is -2.38. The quantitative estimate of drug-likeness (QED) is 0.395. The Hall–Kier alpha value is -4.79. The van der Waals surface area contributed by atoms with Crippen LogP contribution < -0.4 is 4.74 Å². The molecule has 170 valence electrons. The van der Waals surface area contributed by atoms with E-state index in [2.05, 4.69) is 4.74 Å². The molecule has 0 amide bonds. The van der Waals surface area contributed by atoms with Crippen molar-refractivity contribution in [1.29, 1.82) is 0 Å². The van der Waals surface area contributed by atoms with Crippen molar-refractivity contribution in [3.8, 4) is 23.0 Å². The van der Waals surface area contributed by atoms with Crippen LogP contribution in [-0.2, 0) is 19.9 Å². The van der Waals surface area contributed by atoms with Gasteiger partial charge in [-0.15, -0.1) is 0 Å². The second-order valence-corrected chi connectivity index (χ2v) is 7.62. The van der Waals surface area contributed by atoms with Crippen molar-refractivity contribution in [1.82, 2.24) is 0 Å². The van der Waals surface area contributed by atoms with Crippen LogP contribution in [0, 0.1) is 0 Å². The SMILES string of the molecule is COC(=O)/C=C/c1cc(O)cc2c1C1(OC(=O)c3ccccc31)c1ccc(O)c(C(=O)O)c1O2. The summed E-state index contributed by atoms with van der Waals surface area (Å²) in [6.07, 6.45) is 2.49. The zero-order chi connectivity index (χ0) is 24.2. The maximum absolute atomic E-state index is 13.0. The maximum Gasteiger partial charge on any atom is 0.343 e. The lowest BCUT2D eigenvalue weighted by Crippen LogP contribution is -2.34. The van der Waals surface area contributed by atoms with Gasteiger partial charge in [0, 0.05) is 23.3 Å². The molecule has 2 aliphatic heterocycles. The normalized spacial score (nSPS) is 17.5.